The zero-order chi connectivity index (χ0) is 16.3. The van der Waals surface area contributed by atoms with Gasteiger partial charge in [0.2, 0.25) is 0 Å². The van der Waals surface area contributed by atoms with Gasteiger partial charge in [0.25, 0.3) is 0 Å². The number of nitrogens with zero attached hydrogens (tertiary/aromatic N) is 2. The Hall–Kier alpha value is -2.16. The fraction of sp³-hybridized carbons (Fsp3) is 0.167. The topological polar surface area (TPSA) is 55.1 Å². The summed E-state index contributed by atoms with van der Waals surface area (Å²) in [6.07, 6.45) is 3.42. The van der Waals surface area contributed by atoms with Crippen LogP contribution in [0, 0.1) is 0 Å². The Kier molecular flexibility index (Phi) is 4.46. The summed E-state index contributed by atoms with van der Waals surface area (Å²) >= 11 is 0. The number of imidazole rings is 1. The van der Waals surface area contributed by atoms with E-state index in [0.717, 1.165) is 0 Å². The van der Waals surface area contributed by atoms with Crippen molar-refractivity contribution in [3.05, 3.63) is 78.9 Å². The summed E-state index contributed by atoms with van der Waals surface area (Å²) in [6.45, 7) is 2.63. The first kappa shape index (κ1) is 15.7. The minimum Gasteiger partial charge on any atom is -0.377 e. The Morgan fingerprint density at radius 1 is 1.04 bits per heavy atom. The first-order valence-corrected chi connectivity index (χ1v) is 9.35. The van der Waals surface area contributed by atoms with E-state index < -0.39 is 13.0 Å². The summed E-state index contributed by atoms with van der Waals surface area (Å²) in [5, 5.41) is 12.3. The summed E-state index contributed by atoms with van der Waals surface area (Å²) in [4.78, 5) is 4.24. The number of aryl methyl sites for hydroxylation is 1. The normalized spacial score (nSPS) is 13.0. The average molecular weight is 326 g/mol. The first-order chi connectivity index (χ1) is 11.2. The molecule has 5 heteroatoms. The van der Waals surface area contributed by atoms with Gasteiger partial charge in [0, 0.05) is 29.5 Å². The van der Waals surface area contributed by atoms with Gasteiger partial charge in [-0.05, 0) is 6.92 Å². The molecule has 1 aromatic heterocycles. The molecule has 0 fully saturated rings. The Balaban J connectivity index is 2.19. The fourth-order valence-corrected chi connectivity index (χ4v) is 5.35. The molecule has 1 unspecified atom stereocenters. The fourth-order valence-electron chi connectivity index (χ4n) is 2.72. The molecule has 1 N–H and O–H groups in total. The number of hydrogen-bond acceptors (Lipinski definition) is 3. The molecule has 0 saturated heterocycles. The molecule has 0 spiro atoms. The van der Waals surface area contributed by atoms with Crippen molar-refractivity contribution in [1.82, 2.24) is 9.55 Å². The zero-order valence-corrected chi connectivity index (χ0v) is 13.8. The van der Waals surface area contributed by atoms with Crippen LogP contribution in [-0.2, 0) is 11.1 Å². The summed E-state index contributed by atoms with van der Waals surface area (Å²) in [5.74, 6) is -0.745. The van der Waals surface area contributed by atoms with Crippen molar-refractivity contribution in [2.75, 3.05) is 0 Å². The molecule has 1 heterocycles. The highest BCUT2D eigenvalue weighted by Gasteiger charge is 2.38. The Labute approximate surface area is 135 Å². The molecular weight excluding hydrogens is 307 g/mol. The lowest BCUT2D eigenvalue weighted by atomic mass is 10.4. The molecule has 4 nitrogen and oxygen atoms in total. The lowest BCUT2D eigenvalue weighted by Crippen LogP contribution is -2.23. The maximum Gasteiger partial charge on any atom is 0.177 e. The van der Waals surface area contributed by atoms with Crippen molar-refractivity contribution in [3.63, 3.8) is 0 Å². The van der Waals surface area contributed by atoms with Gasteiger partial charge in [0.15, 0.2) is 13.0 Å². The summed E-state index contributed by atoms with van der Waals surface area (Å²) < 4.78 is 15.8. The van der Waals surface area contributed by atoms with Crippen molar-refractivity contribution < 1.29 is 9.67 Å². The molecule has 118 valence electrons. The van der Waals surface area contributed by atoms with E-state index >= 15 is 0 Å². The minimum absolute atomic E-state index is 0.434. The number of aliphatic hydroxyl groups excluding tert-OH is 1. The van der Waals surface area contributed by atoms with E-state index in [0.29, 0.717) is 23.0 Å². The van der Waals surface area contributed by atoms with Crippen LogP contribution >= 0.6 is 7.14 Å². The molecular formula is C18H19N2O2P. The SMILES string of the molecule is CCn1ccnc1C(O)P(=O)(c1ccccc1)c1ccccc1. The van der Waals surface area contributed by atoms with E-state index in [4.69, 9.17) is 0 Å². The quantitative estimate of drug-likeness (QED) is 0.734. The molecule has 0 aliphatic rings. The molecule has 23 heavy (non-hydrogen) atoms. The lowest BCUT2D eigenvalue weighted by molar-refractivity contribution is 0.241. The maximum atomic E-state index is 14.0. The third-order valence-corrected chi connectivity index (χ3v) is 6.99. The van der Waals surface area contributed by atoms with Crippen LogP contribution in [0.3, 0.4) is 0 Å². The Morgan fingerprint density at radius 3 is 2.04 bits per heavy atom. The zero-order valence-electron chi connectivity index (χ0n) is 12.9. The molecule has 0 saturated carbocycles. The molecule has 2 aromatic carbocycles. The van der Waals surface area contributed by atoms with Crippen molar-refractivity contribution >= 4 is 17.8 Å². The molecule has 3 rings (SSSR count). The Morgan fingerprint density at radius 2 is 1.57 bits per heavy atom. The van der Waals surface area contributed by atoms with Crippen LogP contribution in [-0.4, -0.2) is 14.7 Å². The molecule has 3 aromatic rings. The highest BCUT2D eigenvalue weighted by molar-refractivity contribution is 7.78. The molecule has 0 bridgehead atoms. The van der Waals surface area contributed by atoms with Crippen LogP contribution in [0.2, 0.25) is 0 Å². The van der Waals surface area contributed by atoms with Gasteiger partial charge in [-0.3, -0.25) is 0 Å². The van der Waals surface area contributed by atoms with Gasteiger partial charge in [-0.1, -0.05) is 60.7 Å². The second-order valence-electron chi connectivity index (χ2n) is 5.27. The van der Waals surface area contributed by atoms with Crippen LogP contribution in [0.15, 0.2) is 73.1 Å². The van der Waals surface area contributed by atoms with E-state index in [1.807, 2.05) is 47.9 Å². The summed E-state index contributed by atoms with van der Waals surface area (Å²) in [5.41, 5.74) is 0. The van der Waals surface area contributed by atoms with Crippen molar-refractivity contribution in [1.29, 1.82) is 0 Å². The van der Waals surface area contributed by atoms with Crippen LogP contribution in [0.5, 0.6) is 0 Å². The van der Waals surface area contributed by atoms with Crippen molar-refractivity contribution in [2.45, 2.75) is 19.3 Å². The van der Waals surface area contributed by atoms with E-state index in [9.17, 15) is 9.67 Å². The van der Waals surface area contributed by atoms with Gasteiger partial charge in [0.1, 0.15) is 5.82 Å². The third-order valence-electron chi connectivity index (χ3n) is 3.94. The van der Waals surface area contributed by atoms with Crippen molar-refractivity contribution in [2.24, 2.45) is 0 Å². The lowest BCUT2D eigenvalue weighted by Gasteiger charge is -2.25. The van der Waals surface area contributed by atoms with Gasteiger partial charge in [-0.25, -0.2) is 4.98 Å². The van der Waals surface area contributed by atoms with Gasteiger partial charge in [-0.15, -0.1) is 0 Å². The number of aromatic nitrogens is 2. The largest absolute Gasteiger partial charge is 0.377 e. The number of rotatable bonds is 5. The second-order valence-corrected chi connectivity index (χ2v) is 8.11. The smallest absolute Gasteiger partial charge is 0.177 e. The van der Waals surface area contributed by atoms with E-state index in [2.05, 4.69) is 4.98 Å². The van der Waals surface area contributed by atoms with Crippen LogP contribution in [0.1, 0.15) is 18.6 Å². The first-order valence-electron chi connectivity index (χ1n) is 7.58. The summed E-state index contributed by atoms with van der Waals surface area (Å²) in [7, 11) is -3.27. The number of hydrogen-bond donors (Lipinski definition) is 1. The molecule has 1 atom stereocenters. The predicted octanol–water partition coefficient (Wildman–Crippen LogP) is 2.91. The van der Waals surface area contributed by atoms with E-state index in [-0.39, 0.29) is 0 Å². The van der Waals surface area contributed by atoms with Crippen molar-refractivity contribution in [3.8, 4) is 0 Å². The van der Waals surface area contributed by atoms with Gasteiger partial charge < -0.3 is 14.2 Å². The molecule has 0 aliphatic carbocycles. The van der Waals surface area contributed by atoms with Crippen LogP contribution in [0.25, 0.3) is 0 Å². The standard InChI is InChI=1S/C18H19N2O2P/c1-2-20-14-13-19-17(20)18(21)23(22,15-9-5-3-6-10-15)16-11-7-4-8-12-16/h3-14,18,21H,2H2,1H3. The number of benzene rings is 2. The second kappa shape index (κ2) is 6.53. The van der Waals surface area contributed by atoms with Gasteiger partial charge >= 0.3 is 0 Å². The highest BCUT2D eigenvalue weighted by atomic mass is 31.2. The van der Waals surface area contributed by atoms with Gasteiger partial charge in [-0.2, -0.15) is 0 Å². The monoisotopic (exact) mass is 326 g/mol. The summed E-state index contributed by atoms with van der Waals surface area (Å²) in [6, 6.07) is 18.3. The number of aliphatic hydroxyl groups is 1. The predicted molar refractivity (Wildman–Crippen MR) is 92.6 cm³/mol. The minimum atomic E-state index is -3.27. The molecule has 0 aliphatic heterocycles. The Bertz CT molecular complexity index is 772. The third kappa shape index (κ3) is 2.76. The van der Waals surface area contributed by atoms with E-state index in [1.165, 1.54) is 0 Å². The van der Waals surface area contributed by atoms with E-state index in [1.54, 1.807) is 36.7 Å². The van der Waals surface area contributed by atoms with Crippen LogP contribution < -0.4 is 10.6 Å². The average Bonchev–Trinajstić information content (AvgIpc) is 3.10. The highest BCUT2D eigenvalue weighted by Crippen LogP contribution is 2.55. The molecule has 0 amide bonds. The molecule has 0 radical (unpaired) electrons. The van der Waals surface area contributed by atoms with Gasteiger partial charge in [0.05, 0.1) is 0 Å². The maximum absolute atomic E-state index is 14.0. The van der Waals surface area contributed by atoms with Crippen LogP contribution in [0.4, 0.5) is 0 Å².